The lowest BCUT2D eigenvalue weighted by molar-refractivity contribution is -0.113. The van der Waals surface area contributed by atoms with E-state index in [9.17, 15) is 4.79 Å². The molecular weight excluding hydrogens is 304 g/mol. The van der Waals surface area contributed by atoms with Crippen molar-refractivity contribution in [3.63, 3.8) is 0 Å². The summed E-state index contributed by atoms with van der Waals surface area (Å²) >= 11 is 0. The van der Waals surface area contributed by atoms with E-state index in [2.05, 4.69) is 15.4 Å². The van der Waals surface area contributed by atoms with Gasteiger partial charge >= 0.3 is 0 Å². The number of hydrogen-bond acceptors (Lipinski definition) is 4. The molecule has 1 aliphatic heterocycles. The number of rotatable bonds is 2. The number of ether oxygens (including phenoxy) is 1. The fraction of sp³-hybridized carbons (Fsp3) is 0.167. The largest absolute Gasteiger partial charge is 0.488 e. The second-order valence-corrected chi connectivity index (χ2v) is 5.75. The molecule has 6 nitrogen and oxygen atoms in total. The summed E-state index contributed by atoms with van der Waals surface area (Å²) in [5, 5.41) is 8.15. The van der Waals surface area contributed by atoms with Crippen LogP contribution in [-0.2, 0) is 11.8 Å². The molecule has 1 N–H and O–H groups in total. The van der Waals surface area contributed by atoms with E-state index in [0.717, 1.165) is 28.0 Å². The summed E-state index contributed by atoms with van der Waals surface area (Å²) < 4.78 is 7.36. The van der Waals surface area contributed by atoms with Gasteiger partial charge in [0.15, 0.2) is 5.65 Å². The molecular formula is C18H16N4O2. The summed E-state index contributed by atoms with van der Waals surface area (Å²) in [5.41, 5.74) is 3.80. The van der Waals surface area contributed by atoms with Gasteiger partial charge in [0.25, 0.3) is 5.91 Å². The third-order valence-corrected chi connectivity index (χ3v) is 4.04. The van der Waals surface area contributed by atoms with Crippen molar-refractivity contribution in [1.82, 2.24) is 14.8 Å². The molecule has 0 saturated heterocycles. The minimum atomic E-state index is -0.188. The first-order valence-electron chi connectivity index (χ1n) is 7.65. The number of anilines is 1. The van der Waals surface area contributed by atoms with Crippen LogP contribution < -0.4 is 10.1 Å². The van der Waals surface area contributed by atoms with E-state index < -0.39 is 0 Å². The first-order valence-corrected chi connectivity index (χ1v) is 7.65. The van der Waals surface area contributed by atoms with Crippen LogP contribution in [0.15, 0.2) is 42.1 Å². The molecule has 3 heterocycles. The molecule has 0 radical (unpaired) electrons. The van der Waals surface area contributed by atoms with Crippen molar-refractivity contribution in [2.45, 2.75) is 6.92 Å². The van der Waals surface area contributed by atoms with Crippen LogP contribution in [-0.4, -0.2) is 27.3 Å². The number of amides is 1. The lowest BCUT2D eigenvalue weighted by atomic mass is 10.1. The van der Waals surface area contributed by atoms with E-state index in [-0.39, 0.29) is 12.5 Å². The number of pyridine rings is 1. The van der Waals surface area contributed by atoms with Crippen molar-refractivity contribution in [3.05, 3.63) is 53.4 Å². The normalized spacial score (nSPS) is 13.2. The van der Waals surface area contributed by atoms with Crippen LogP contribution in [0, 0.1) is 6.92 Å². The Morgan fingerprint density at radius 1 is 1.33 bits per heavy atom. The number of benzene rings is 1. The highest BCUT2D eigenvalue weighted by molar-refractivity contribution is 6.08. The van der Waals surface area contributed by atoms with Crippen LogP contribution in [0.25, 0.3) is 17.1 Å². The van der Waals surface area contributed by atoms with Crippen LogP contribution >= 0.6 is 0 Å². The minimum Gasteiger partial charge on any atom is -0.488 e. The monoisotopic (exact) mass is 320 g/mol. The molecule has 0 spiro atoms. The third kappa shape index (κ3) is 2.42. The number of hydrogen-bond donors (Lipinski definition) is 1. The van der Waals surface area contributed by atoms with Crippen molar-refractivity contribution in [3.8, 4) is 5.75 Å². The molecule has 2 aromatic heterocycles. The highest BCUT2D eigenvalue weighted by atomic mass is 16.5. The van der Waals surface area contributed by atoms with Gasteiger partial charge in [-0.2, -0.15) is 5.10 Å². The molecule has 24 heavy (non-hydrogen) atoms. The predicted octanol–water partition coefficient (Wildman–Crippen LogP) is 2.69. The van der Waals surface area contributed by atoms with Gasteiger partial charge in [0.05, 0.1) is 23.2 Å². The smallest absolute Gasteiger partial charge is 0.255 e. The Balaban J connectivity index is 1.61. The van der Waals surface area contributed by atoms with Gasteiger partial charge in [-0.1, -0.05) is 18.2 Å². The zero-order chi connectivity index (χ0) is 16.7. The highest BCUT2D eigenvalue weighted by Crippen LogP contribution is 2.26. The Labute approximate surface area is 138 Å². The summed E-state index contributed by atoms with van der Waals surface area (Å²) in [6, 6.07) is 9.54. The number of carbonyl (C=O) groups is 1. The van der Waals surface area contributed by atoms with E-state index in [4.69, 9.17) is 4.74 Å². The molecule has 0 saturated carbocycles. The van der Waals surface area contributed by atoms with Crippen molar-refractivity contribution in [2.75, 3.05) is 11.9 Å². The zero-order valence-corrected chi connectivity index (χ0v) is 13.4. The molecule has 1 amide bonds. The summed E-state index contributed by atoms with van der Waals surface area (Å²) in [6.45, 7) is 2.18. The summed E-state index contributed by atoms with van der Waals surface area (Å²) in [4.78, 5) is 16.9. The van der Waals surface area contributed by atoms with Gasteiger partial charge in [-0.3, -0.25) is 9.48 Å². The Bertz CT molecular complexity index is 988. The lowest BCUT2D eigenvalue weighted by Crippen LogP contribution is -2.21. The molecule has 6 heteroatoms. The minimum absolute atomic E-state index is 0.188. The molecule has 0 unspecified atom stereocenters. The van der Waals surface area contributed by atoms with Crippen molar-refractivity contribution in [1.29, 1.82) is 0 Å². The Morgan fingerprint density at radius 2 is 2.17 bits per heavy atom. The molecule has 1 aliphatic rings. The summed E-state index contributed by atoms with van der Waals surface area (Å²) in [6.07, 6.45) is 3.50. The first-order chi connectivity index (χ1) is 11.6. The van der Waals surface area contributed by atoms with Gasteiger partial charge in [0.2, 0.25) is 0 Å². The van der Waals surface area contributed by atoms with Crippen molar-refractivity contribution < 1.29 is 9.53 Å². The SMILES string of the molecule is Cc1nn(C)c2ncc(NC(=O)C3=Cc4ccccc4OC3)cc12. The standard InChI is InChI=1S/C18H16N4O2/c1-11-15-8-14(9-19-17(15)22(2)21-11)20-18(23)13-7-12-5-3-4-6-16(12)24-10-13/h3-9H,10H2,1-2H3,(H,20,23). The molecule has 0 fully saturated rings. The van der Waals surface area contributed by atoms with E-state index >= 15 is 0 Å². The molecule has 1 aromatic carbocycles. The highest BCUT2D eigenvalue weighted by Gasteiger charge is 2.17. The van der Waals surface area contributed by atoms with E-state index in [0.29, 0.717) is 11.3 Å². The molecule has 0 bridgehead atoms. The maximum absolute atomic E-state index is 12.5. The predicted molar refractivity (Wildman–Crippen MR) is 91.8 cm³/mol. The van der Waals surface area contributed by atoms with Crippen molar-refractivity contribution in [2.24, 2.45) is 7.05 Å². The van der Waals surface area contributed by atoms with E-state index in [1.807, 2.05) is 50.4 Å². The molecule has 120 valence electrons. The van der Waals surface area contributed by atoms with E-state index in [1.54, 1.807) is 10.9 Å². The topological polar surface area (TPSA) is 69.0 Å². The van der Waals surface area contributed by atoms with E-state index in [1.165, 1.54) is 0 Å². The summed E-state index contributed by atoms with van der Waals surface area (Å²) in [7, 11) is 1.85. The molecule has 0 atom stereocenters. The van der Waals surface area contributed by atoms with Gasteiger partial charge in [0.1, 0.15) is 12.4 Å². The van der Waals surface area contributed by atoms with Gasteiger partial charge in [-0.05, 0) is 25.1 Å². The lowest BCUT2D eigenvalue weighted by Gasteiger charge is -2.17. The fourth-order valence-electron chi connectivity index (χ4n) is 2.83. The second-order valence-electron chi connectivity index (χ2n) is 5.75. The Morgan fingerprint density at radius 3 is 3.04 bits per heavy atom. The van der Waals surface area contributed by atoms with Gasteiger partial charge < -0.3 is 10.1 Å². The average Bonchev–Trinajstić information content (AvgIpc) is 2.88. The van der Waals surface area contributed by atoms with Crippen LogP contribution in [0.1, 0.15) is 11.3 Å². The van der Waals surface area contributed by atoms with Crippen LogP contribution in [0.4, 0.5) is 5.69 Å². The number of nitrogens with zero attached hydrogens (tertiary/aromatic N) is 3. The second kappa shape index (κ2) is 5.49. The van der Waals surface area contributed by atoms with Gasteiger partial charge in [-0.15, -0.1) is 0 Å². The van der Waals surface area contributed by atoms with Crippen LogP contribution in [0.3, 0.4) is 0 Å². The third-order valence-electron chi connectivity index (χ3n) is 4.04. The average molecular weight is 320 g/mol. The Kier molecular flexibility index (Phi) is 3.30. The number of carbonyl (C=O) groups excluding carboxylic acids is 1. The fourth-order valence-corrected chi connectivity index (χ4v) is 2.83. The summed E-state index contributed by atoms with van der Waals surface area (Å²) in [5.74, 6) is 0.607. The molecule has 3 aromatic rings. The number of aryl methyl sites for hydroxylation is 2. The quantitative estimate of drug-likeness (QED) is 0.788. The maximum Gasteiger partial charge on any atom is 0.255 e. The zero-order valence-electron chi connectivity index (χ0n) is 13.4. The maximum atomic E-state index is 12.5. The number of aromatic nitrogens is 3. The van der Waals surface area contributed by atoms with Gasteiger partial charge in [-0.25, -0.2) is 4.98 Å². The first kappa shape index (κ1) is 14.4. The number of para-hydroxylation sites is 1. The van der Waals surface area contributed by atoms with Crippen LogP contribution in [0.2, 0.25) is 0 Å². The molecule has 4 rings (SSSR count). The van der Waals surface area contributed by atoms with Crippen LogP contribution in [0.5, 0.6) is 5.75 Å². The number of fused-ring (bicyclic) bond motifs is 2. The van der Waals surface area contributed by atoms with Crippen molar-refractivity contribution >= 4 is 28.7 Å². The van der Waals surface area contributed by atoms with Gasteiger partial charge in [0, 0.05) is 18.0 Å². The number of nitrogens with one attached hydrogen (secondary N) is 1. The Hall–Kier alpha value is -3.15. The molecule has 0 aliphatic carbocycles.